The first-order chi connectivity index (χ1) is 9.19. The Kier molecular flexibility index (Phi) is 2.91. The molecule has 3 rings (SSSR count). The van der Waals surface area contributed by atoms with Gasteiger partial charge in [0.2, 0.25) is 11.7 Å². The van der Waals surface area contributed by atoms with Crippen molar-refractivity contribution in [1.82, 2.24) is 4.90 Å². The van der Waals surface area contributed by atoms with Crippen molar-refractivity contribution in [3.05, 3.63) is 46.5 Å². The molecule has 0 bridgehead atoms. The predicted octanol–water partition coefficient (Wildman–Crippen LogP) is 0.230. The molecule has 1 aromatic carbocycles. The van der Waals surface area contributed by atoms with Gasteiger partial charge in [0.15, 0.2) is 6.61 Å². The number of Topliss-reactive ketones (excluding diaryl/α,β-unsaturated/α-hetero) is 1. The van der Waals surface area contributed by atoms with E-state index in [-0.39, 0.29) is 18.3 Å². The molecule has 0 radical (unpaired) electrons. The molecule has 5 nitrogen and oxygen atoms in total. The van der Waals surface area contributed by atoms with Gasteiger partial charge in [0.1, 0.15) is 5.70 Å². The first-order valence-corrected chi connectivity index (χ1v) is 6.40. The molecule has 4 N–H and O–H groups in total. The van der Waals surface area contributed by atoms with Crippen LogP contribution < -0.4 is 11.5 Å². The highest BCUT2D eigenvalue weighted by Gasteiger charge is 2.30. The first-order valence-electron chi connectivity index (χ1n) is 6.40. The van der Waals surface area contributed by atoms with E-state index < -0.39 is 0 Å². The smallest absolute Gasteiger partial charge is 0.221 e. The third kappa shape index (κ3) is 2.06. The zero-order valence-corrected chi connectivity index (χ0v) is 10.7. The monoisotopic (exact) mass is 259 g/mol. The van der Waals surface area contributed by atoms with Gasteiger partial charge in [0.25, 0.3) is 0 Å². The number of nitrogens with two attached hydrogens (primary N) is 2. The summed E-state index contributed by atoms with van der Waals surface area (Å²) in [6.45, 7) is 2.07. The summed E-state index contributed by atoms with van der Waals surface area (Å²) >= 11 is 0. The van der Waals surface area contributed by atoms with Crippen molar-refractivity contribution in [1.29, 1.82) is 0 Å². The van der Waals surface area contributed by atoms with E-state index in [0.717, 1.165) is 18.5 Å². The summed E-state index contributed by atoms with van der Waals surface area (Å²) in [4.78, 5) is 13.8. The van der Waals surface area contributed by atoms with Crippen molar-refractivity contribution in [3.8, 4) is 0 Å². The van der Waals surface area contributed by atoms with Crippen molar-refractivity contribution in [2.75, 3.05) is 13.2 Å². The molecule has 2 heterocycles. The normalized spacial score (nSPS) is 18.6. The van der Waals surface area contributed by atoms with Crippen molar-refractivity contribution in [3.63, 3.8) is 0 Å². The molecule has 0 atom stereocenters. The Bertz CT molecular complexity index is 566. The van der Waals surface area contributed by atoms with Gasteiger partial charge in [-0.2, -0.15) is 0 Å². The van der Waals surface area contributed by atoms with Gasteiger partial charge < -0.3 is 21.1 Å². The molecule has 0 fully saturated rings. The van der Waals surface area contributed by atoms with Crippen LogP contribution in [0, 0.1) is 0 Å². The van der Waals surface area contributed by atoms with Crippen LogP contribution in [0.25, 0.3) is 0 Å². The van der Waals surface area contributed by atoms with Crippen LogP contribution in [-0.4, -0.2) is 23.8 Å². The van der Waals surface area contributed by atoms with E-state index in [4.69, 9.17) is 16.2 Å². The Labute approximate surface area is 111 Å². The maximum absolute atomic E-state index is 11.8. The van der Waals surface area contributed by atoms with Gasteiger partial charge in [-0.3, -0.25) is 4.79 Å². The van der Waals surface area contributed by atoms with E-state index in [9.17, 15) is 4.79 Å². The minimum Gasteiger partial charge on any atom is -0.469 e. The predicted molar refractivity (Wildman–Crippen MR) is 70.6 cm³/mol. The maximum Gasteiger partial charge on any atom is 0.221 e. The Balaban J connectivity index is 1.89. The Morgan fingerprint density at radius 1 is 1.32 bits per heavy atom. The summed E-state index contributed by atoms with van der Waals surface area (Å²) in [5.41, 5.74) is 15.6. The van der Waals surface area contributed by atoms with E-state index in [0.29, 0.717) is 18.8 Å². The fraction of sp³-hybridized carbons (Fsp3) is 0.357. The van der Waals surface area contributed by atoms with Crippen molar-refractivity contribution in [2.45, 2.75) is 19.5 Å². The number of rotatable bonds is 2. The van der Waals surface area contributed by atoms with Gasteiger partial charge >= 0.3 is 0 Å². The number of ether oxygens (including phenoxy) is 1. The molecule has 2 aliphatic rings. The molecule has 0 aromatic heterocycles. The highest BCUT2D eigenvalue weighted by molar-refractivity contribution is 5.98. The quantitative estimate of drug-likeness (QED) is 0.794. The van der Waals surface area contributed by atoms with Crippen LogP contribution in [-0.2, 0) is 29.0 Å². The second-order valence-corrected chi connectivity index (χ2v) is 4.90. The fourth-order valence-electron chi connectivity index (χ4n) is 2.68. The second-order valence-electron chi connectivity index (χ2n) is 4.90. The summed E-state index contributed by atoms with van der Waals surface area (Å²) in [6, 6.07) is 6.30. The first kappa shape index (κ1) is 12.0. The lowest BCUT2D eigenvalue weighted by Crippen LogP contribution is -2.33. The number of hydrogen-bond donors (Lipinski definition) is 2. The number of nitrogens with zero attached hydrogens (tertiary/aromatic N) is 1. The van der Waals surface area contributed by atoms with Crippen LogP contribution in [0.4, 0.5) is 0 Å². The largest absolute Gasteiger partial charge is 0.469 e. The van der Waals surface area contributed by atoms with Crippen LogP contribution in [0.3, 0.4) is 0 Å². The van der Waals surface area contributed by atoms with Crippen LogP contribution in [0.1, 0.15) is 16.7 Å². The zero-order valence-electron chi connectivity index (χ0n) is 10.7. The Morgan fingerprint density at radius 2 is 2.16 bits per heavy atom. The molecule has 0 saturated carbocycles. The van der Waals surface area contributed by atoms with Gasteiger partial charge in [-0.1, -0.05) is 18.2 Å². The van der Waals surface area contributed by atoms with E-state index in [2.05, 4.69) is 18.2 Å². The second kappa shape index (κ2) is 4.59. The van der Waals surface area contributed by atoms with Gasteiger partial charge in [0, 0.05) is 19.6 Å². The molecule has 5 heteroatoms. The van der Waals surface area contributed by atoms with E-state index in [1.807, 2.05) is 4.90 Å². The maximum atomic E-state index is 11.8. The minimum absolute atomic E-state index is 0.0315. The molecular formula is C14H17N3O2. The van der Waals surface area contributed by atoms with Gasteiger partial charge in [-0.25, -0.2) is 0 Å². The summed E-state index contributed by atoms with van der Waals surface area (Å²) in [5, 5.41) is 0. The summed E-state index contributed by atoms with van der Waals surface area (Å²) in [7, 11) is 0. The van der Waals surface area contributed by atoms with Crippen LogP contribution in [0.15, 0.2) is 29.8 Å². The number of hydrogen-bond acceptors (Lipinski definition) is 5. The lowest BCUT2D eigenvalue weighted by molar-refractivity contribution is -0.117. The van der Waals surface area contributed by atoms with E-state index in [1.54, 1.807) is 0 Å². The lowest BCUT2D eigenvalue weighted by Gasteiger charge is -2.30. The number of ketones is 1. The van der Waals surface area contributed by atoms with E-state index >= 15 is 0 Å². The van der Waals surface area contributed by atoms with Gasteiger partial charge in [-0.15, -0.1) is 0 Å². The van der Waals surface area contributed by atoms with Crippen LogP contribution >= 0.6 is 0 Å². The number of carbonyl (C=O) groups excluding carboxylic acids is 1. The highest BCUT2D eigenvalue weighted by atomic mass is 16.5. The third-order valence-electron chi connectivity index (χ3n) is 3.69. The molecule has 19 heavy (non-hydrogen) atoms. The SMILES string of the molecule is NCc1ccc2c(c1)CN(C1=C(N)OCC1=O)CC2. The molecule has 1 aromatic rings. The average molecular weight is 259 g/mol. The molecule has 0 amide bonds. The molecule has 0 aliphatic carbocycles. The van der Waals surface area contributed by atoms with Crippen molar-refractivity contribution >= 4 is 5.78 Å². The standard InChI is InChI=1S/C14H17N3O2/c15-6-9-1-2-10-3-4-17(7-11(10)5-9)13-12(18)8-19-14(13)16/h1-2,5H,3-4,6-8,15-16H2. The van der Waals surface area contributed by atoms with E-state index in [1.165, 1.54) is 11.1 Å². The zero-order chi connectivity index (χ0) is 13.4. The fourth-order valence-corrected chi connectivity index (χ4v) is 2.68. The Morgan fingerprint density at radius 3 is 2.84 bits per heavy atom. The topological polar surface area (TPSA) is 81.6 Å². The van der Waals surface area contributed by atoms with Crippen molar-refractivity contribution < 1.29 is 9.53 Å². The van der Waals surface area contributed by atoms with Gasteiger partial charge in [-0.05, 0) is 23.1 Å². The molecule has 2 aliphatic heterocycles. The summed E-state index contributed by atoms with van der Waals surface area (Å²) in [5.74, 6) is 0.222. The summed E-state index contributed by atoms with van der Waals surface area (Å²) in [6.07, 6.45) is 0.907. The molecular weight excluding hydrogens is 242 g/mol. The molecule has 0 spiro atoms. The van der Waals surface area contributed by atoms with Gasteiger partial charge in [0.05, 0.1) is 0 Å². The van der Waals surface area contributed by atoms with Crippen molar-refractivity contribution in [2.24, 2.45) is 11.5 Å². The minimum atomic E-state index is -0.0315. The molecule has 0 unspecified atom stereocenters. The van der Waals surface area contributed by atoms with Crippen LogP contribution in [0.5, 0.6) is 0 Å². The number of fused-ring (bicyclic) bond motifs is 1. The third-order valence-corrected chi connectivity index (χ3v) is 3.69. The highest BCUT2D eigenvalue weighted by Crippen LogP contribution is 2.26. The summed E-state index contributed by atoms with van der Waals surface area (Å²) < 4.78 is 5.11. The number of carbonyl (C=O) groups is 1. The Hall–Kier alpha value is -2.01. The average Bonchev–Trinajstić information content (AvgIpc) is 2.77. The lowest BCUT2D eigenvalue weighted by atomic mass is 9.97. The van der Waals surface area contributed by atoms with Crippen LogP contribution in [0.2, 0.25) is 0 Å². The molecule has 0 saturated heterocycles. The molecule has 100 valence electrons. The number of benzene rings is 1.